The first-order chi connectivity index (χ1) is 13.7. The number of hydrogen-bond acceptors (Lipinski definition) is 5. The minimum atomic E-state index is -0.227. The third-order valence-electron chi connectivity index (χ3n) is 6.10. The first kappa shape index (κ1) is 17.8. The van der Waals surface area contributed by atoms with Crippen molar-refractivity contribution in [2.24, 2.45) is 17.8 Å². The standard InChI is InChI=1S/C22H23FN4S/c23-18-5-3-15(4-6-18)20-13-26-22(28-20)27-21-10-14(7-8-25-21)9-16-1-2-17-11-24-12-19(16)17/h3-8,10,13,16-17,19,24H,1-2,9,11-12H2,(H,25,26,27)/t16-,17-,19-/m1/s1. The Morgan fingerprint density at radius 1 is 1.11 bits per heavy atom. The minimum absolute atomic E-state index is 0.227. The highest BCUT2D eigenvalue weighted by molar-refractivity contribution is 7.18. The van der Waals surface area contributed by atoms with Crippen molar-refractivity contribution in [2.45, 2.75) is 19.3 Å². The van der Waals surface area contributed by atoms with Gasteiger partial charge in [-0.2, -0.15) is 0 Å². The second-order valence-electron chi connectivity index (χ2n) is 7.83. The smallest absolute Gasteiger partial charge is 0.188 e. The molecule has 2 aliphatic rings. The molecule has 3 aromatic rings. The quantitative estimate of drug-likeness (QED) is 0.648. The molecule has 0 amide bonds. The summed E-state index contributed by atoms with van der Waals surface area (Å²) in [5.41, 5.74) is 2.31. The van der Waals surface area contributed by atoms with Crippen molar-refractivity contribution >= 4 is 22.3 Å². The number of benzene rings is 1. The summed E-state index contributed by atoms with van der Waals surface area (Å²) < 4.78 is 13.1. The first-order valence-electron chi connectivity index (χ1n) is 9.89. The first-order valence-corrected chi connectivity index (χ1v) is 10.7. The van der Waals surface area contributed by atoms with Gasteiger partial charge >= 0.3 is 0 Å². The Balaban J connectivity index is 1.27. The highest BCUT2D eigenvalue weighted by atomic mass is 32.1. The lowest BCUT2D eigenvalue weighted by molar-refractivity contribution is 0.374. The average molecular weight is 395 g/mol. The second kappa shape index (κ2) is 7.60. The van der Waals surface area contributed by atoms with Crippen LogP contribution < -0.4 is 10.6 Å². The van der Waals surface area contributed by atoms with Gasteiger partial charge in [-0.25, -0.2) is 14.4 Å². The number of pyridine rings is 1. The Bertz CT molecular complexity index is 955. The summed E-state index contributed by atoms with van der Waals surface area (Å²) in [4.78, 5) is 9.92. The lowest BCUT2D eigenvalue weighted by Gasteiger charge is -2.18. The number of anilines is 2. The van der Waals surface area contributed by atoms with Gasteiger partial charge in [0.2, 0.25) is 0 Å². The molecule has 28 heavy (non-hydrogen) atoms. The van der Waals surface area contributed by atoms with Crippen molar-refractivity contribution in [1.29, 1.82) is 0 Å². The molecule has 1 aliphatic heterocycles. The monoisotopic (exact) mass is 394 g/mol. The van der Waals surface area contributed by atoms with Gasteiger partial charge in [0.05, 0.1) is 4.88 Å². The van der Waals surface area contributed by atoms with Gasteiger partial charge in [0.1, 0.15) is 11.6 Å². The van der Waals surface area contributed by atoms with Crippen LogP contribution in [0.1, 0.15) is 18.4 Å². The van der Waals surface area contributed by atoms with E-state index in [1.165, 1.54) is 43.6 Å². The highest BCUT2D eigenvalue weighted by Crippen LogP contribution is 2.41. The van der Waals surface area contributed by atoms with Crippen LogP contribution in [0.4, 0.5) is 15.3 Å². The molecule has 3 atom stereocenters. The predicted molar refractivity (Wildman–Crippen MR) is 111 cm³/mol. The van der Waals surface area contributed by atoms with E-state index in [9.17, 15) is 4.39 Å². The molecule has 0 spiro atoms. The van der Waals surface area contributed by atoms with Gasteiger partial charge in [-0.15, -0.1) is 0 Å². The van der Waals surface area contributed by atoms with Crippen molar-refractivity contribution in [3.8, 4) is 10.4 Å². The molecule has 144 valence electrons. The van der Waals surface area contributed by atoms with Crippen LogP contribution in [-0.4, -0.2) is 23.1 Å². The average Bonchev–Trinajstić information content (AvgIpc) is 3.42. The van der Waals surface area contributed by atoms with Crippen molar-refractivity contribution in [2.75, 3.05) is 18.4 Å². The van der Waals surface area contributed by atoms with Gasteiger partial charge in [-0.05, 0) is 85.5 Å². The summed E-state index contributed by atoms with van der Waals surface area (Å²) in [5.74, 6) is 3.10. The van der Waals surface area contributed by atoms with E-state index >= 15 is 0 Å². The third kappa shape index (κ3) is 3.66. The zero-order valence-electron chi connectivity index (χ0n) is 15.6. The number of hydrogen-bond donors (Lipinski definition) is 2. The van der Waals surface area contributed by atoms with E-state index in [1.807, 2.05) is 12.4 Å². The molecule has 0 radical (unpaired) electrons. The molecular weight excluding hydrogens is 371 g/mol. The molecule has 6 heteroatoms. The summed E-state index contributed by atoms with van der Waals surface area (Å²) in [7, 11) is 0. The van der Waals surface area contributed by atoms with Gasteiger partial charge in [-0.3, -0.25) is 0 Å². The van der Waals surface area contributed by atoms with E-state index in [0.29, 0.717) is 0 Å². The zero-order chi connectivity index (χ0) is 18.9. The highest BCUT2D eigenvalue weighted by Gasteiger charge is 2.38. The molecule has 1 aromatic carbocycles. The molecule has 0 bridgehead atoms. The minimum Gasteiger partial charge on any atom is -0.316 e. The third-order valence-corrected chi connectivity index (χ3v) is 7.06. The van der Waals surface area contributed by atoms with Crippen LogP contribution in [0.25, 0.3) is 10.4 Å². The molecule has 2 N–H and O–H groups in total. The maximum absolute atomic E-state index is 13.1. The molecule has 0 unspecified atom stereocenters. The summed E-state index contributed by atoms with van der Waals surface area (Å²) in [6.45, 7) is 2.38. The fraction of sp³-hybridized carbons (Fsp3) is 0.364. The summed E-state index contributed by atoms with van der Waals surface area (Å²) >= 11 is 1.55. The Hall–Kier alpha value is -2.31. The predicted octanol–water partition coefficient (Wildman–Crippen LogP) is 4.88. The van der Waals surface area contributed by atoms with Crippen LogP contribution in [0.15, 0.2) is 48.8 Å². The number of nitrogens with one attached hydrogen (secondary N) is 2. The van der Waals surface area contributed by atoms with Crippen molar-refractivity contribution < 1.29 is 4.39 Å². The van der Waals surface area contributed by atoms with E-state index < -0.39 is 0 Å². The Labute approximate surface area is 168 Å². The van der Waals surface area contributed by atoms with E-state index in [0.717, 1.165) is 45.6 Å². The largest absolute Gasteiger partial charge is 0.316 e. The molecule has 2 fully saturated rings. The Morgan fingerprint density at radius 3 is 2.89 bits per heavy atom. The number of halogens is 1. The lowest BCUT2D eigenvalue weighted by Crippen LogP contribution is -2.17. The van der Waals surface area contributed by atoms with E-state index in [2.05, 4.69) is 32.7 Å². The van der Waals surface area contributed by atoms with Gasteiger partial charge in [0.15, 0.2) is 5.13 Å². The van der Waals surface area contributed by atoms with Gasteiger partial charge in [-0.1, -0.05) is 23.5 Å². The number of thiazole rings is 1. The van der Waals surface area contributed by atoms with Crippen LogP contribution in [-0.2, 0) is 6.42 Å². The Kier molecular flexibility index (Phi) is 4.82. The molecule has 4 nitrogen and oxygen atoms in total. The molecular formula is C22H23FN4S. The summed E-state index contributed by atoms with van der Waals surface area (Å²) in [5, 5.41) is 7.67. The molecule has 1 aliphatic carbocycles. The topological polar surface area (TPSA) is 49.8 Å². The molecule has 1 saturated carbocycles. The fourth-order valence-electron chi connectivity index (χ4n) is 4.68. The lowest BCUT2D eigenvalue weighted by atomic mass is 9.88. The van der Waals surface area contributed by atoms with Crippen molar-refractivity contribution in [3.63, 3.8) is 0 Å². The molecule has 3 heterocycles. The molecule has 5 rings (SSSR count). The fourth-order valence-corrected chi connectivity index (χ4v) is 5.51. The van der Waals surface area contributed by atoms with Crippen LogP contribution in [0.5, 0.6) is 0 Å². The number of fused-ring (bicyclic) bond motifs is 1. The van der Waals surface area contributed by atoms with E-state index in [-0.39, 0.29) is 5.82 Å². The van der Waals surface area contributed by atoms with Crippen molar-refractivity contribution in [1.82, 2.24) is 15.3 Å². The van der Waals surface area contributed by atoms with Crippen LogP contribution in [0.3, 0.4) is 0 Å². The van der Waals surface area contributed by atoms with Crippen LogP contribution in [0, 0.1) is 23.6 Å². The molecule has 2 aromatic heterocycles. The van der Waals surface area contributed by atoms with Crippen LogP contribution >= 0.6 is 11.3 Å². The van der Waals surface area contributed by atoms with Crippen molar-refractivity contribution in [3.05, 3.63) is 60.2 Å². The molecule has 1 saturated heterocycles. The maximum Gasteiger partial charge on any atom is 0.188 e. The maximum atomic E-state index is 13.1. The normalized spacial score (nSPS) is 23.7. The van der Waals surface area contributed by atoms with Gasteiger partial charge in [0, 0.05) is 12.4 Å². The number of nitrogens with zero attached hydrogens (tertiary/aromatic N) is 2. The number of rotatable bonds is 5. The van der Waals surface area contributed by atoms with Crippen LogP contribution in [0.2, 0.25) is 0 Å². The summed E-state index contributed by atoms with van der Waals surface area (Å²) in [6.07, 6.45) is 7.53. The van der Waals surface area contributed by atoms with E-state index in [1.54, 1.807) is 23.5 Å². The zero-order valence-corrected chi connectivity index (χ0v) is 16.4. The summed E-state index contributed by atoms with van der Waals surface area (Å²) in [6, 6.07) is 10.8. The van der Waals surface area contributed by atoms with E-state index in [4.69, 9.17) is 0 Å². The number of aromatic nitrogens is 2. The second-order valence-corrected chi connectivity index (χ2v) is 8.87. The van der Waals surface area contributed by atoms with Gasteiger partial charge < -0.3 is 10.6 Å². The van der Waals surface area contributed by atoms with Gasteiger partial charge in [0.25, 0.3) is 0 Å². The Morgan fingerprint density at radius 2 is 2.00 bits per heavy atom. The SMILES string of the molecule is Fc1ccc(-c2cnc(Nc3cc(C[C@H]4CC[C@@H]5CNC[C@@H]54)ccn3)s2)cc1.